The first-order valence-corrected chi connectivity index (χ1v) is 9.83. The summed E-state index contributed by atoms with van der Waals surface area (Å²) in [5, 5.41) is 0. The van der Waals surface area contributed by atoms with E-state index in [1.54, 1.807) is 25.4 Å². The van der Waals surface area contributed by atoms with Crippen LogP contribution >= 0.6 is 0 Å². The number of imidazole rings is 1. The minimum Gasteiger partial charge on any atom is -0.403 e. The summed E-state index contributed by atoms with van der Waals surface area (Å²) in [6.07, 6.45) is 6.26. The van der Waals surface area contributed by atoms with Crippen LogP contribution in [0.15, 0.2) is 66.2 Å². The molecule has 0 unspecified atom stereocenters. The number of hydrogen-bond donors (Lipinski definition) is 1. The molecule has 0 aliphatic carbocycles. The van der Waals surface area contributed by atoms with Crippen LogP contribution in [-0.4, -0.2) is 32.2 Å². The summed E-state index contributed by atoms with van der Waals surface area (Å²) < 4.78 is 40.9. The highest BCUT2D eigenvalue weighted by atomic mass is 19.4. The molecule has 2 rings (SSSR count). The average molecular weight is 419 g/mol. The molecule has 2 aromatic heterocycles. The number of pyridine rings is 1. The predicted octanol–water partition coefficient (Wildman–Crippen LogP) is 5.08. The third-order valence-corrected chi connectivity index (χ3v) is 4.40. The molecule has 0 bridgehead atoms. The van der Waals surface area contributed by atoms with Gasteiger partial charge in [0.25, 0.3) is 0 Å². The Morgan fingerprint density at radius 3 is 2.70 bits per heavy atom. The van der Waals surface area contributed by atoms with E-state index < -0.39 is 11.7 Å². The van der Waals surface area contributed by atoms with Crippen molar-refractivity contribution in [2.45, 2.75) is 46.5 Å². The van der Waals surface area contributed by atoms with Crippen molar-refractivity contribution in [1.29, 1.82) is 0 Å². The summed E-state index contributed by atoms with van der Waals surface area (Å²) in [4.78, 5) is 11.0. The average Bonchev–Trinajstić information content (AvgIpc) is 3.03. The molecule has 162 valence electrons. The van der Waals surface area contributed by atoms with Gasteiger partial charge in [-0.1, -0.05) is 36.8 Å². The maximum atomic E-state index is 13.0. The molecule has 0 fully saturated rings. The molecule has 0 amide bonds. The fourth-order valence-electron chi connectivity index (χ4n) is 3.11. The first-order valence-electron chi connectivity index (χ1n) is 9.83. The minimum absolute atomic E-state index is 0.324. The maximum Gasteiger partial charge on any atom is 0.416 e. The van der Waals surface area contributed by atoms with Gasteiger partial charge in [0.05, 0.1) is 12.1 Å². The normalized spacial score (nSPS) is 13.8. The molecule has 0 aliphatic heterocycles. The van der Waals surface area contributed by atoms with Gasteiger partial charge in [0, 0.05) is 31.7 Å². The van der Waals surface area contributed by atoms with Gasteiger partial charge in [-0.05, 0) is 32.4 Å². The quantitative estimate of drug-likeness (QED) is 0.576. The highest BCUT2D eigenvalue weighted by Gasteiger charge is 2.30. The molecular weight excluding hydrogens is 391 g/mol. The van der Waals surface area contributed by atoms with Crippen molar-refractivity contribution in [2.24, 2.45) is 5.73 Å². The summed E-state index contributed by atoms with van der Waals surface area (Å²) in [6, 6.07) is 3.76. The second-order valence-electron chi connectivity index (χ2n) is 6.80. The summed E-state index contributed by atoms with van der Waals surface area (Å²) >= 11 is 0. The van der Waals surface area contributed by atoms with E-state index in [4.69, 9.17) is 5.73 Å². The third kappa shape index (κ3) is 6.23. The van der Waals surface area contributed by atoms with Gasteiger partial charge in [-0.3, -0.25) is 0 Å². The number of hydrogen-bond acceptors (Lipinski definition) is 4. The number of nitrogens with two attached hydrogens (primary N) is 1. The zero-order valence-electron chi connectivity index (χ0n) is 17.5. The lowest BCUT2D eigenvalue weighted by Gasteiger charge is -2.20. The molecule has 0 aliphatic rings. The second kappa shape index (κ2) is 10.7. The van der Waals surface area contributed by atoms with E-state index >= 15 is 0 Å². The number of allylic oxidation sites excluding steroid dienone is 5. The molecule has 8 heteroatoms. The molecule has 2 N–H and O–H groups in total. The Kier molecular flexibility index (Phi) is 8.26. The fraction of sp³-hybridized carbons (Fsp3) is 0.364. The van der Waals surface area contributed by atoms with Crippen LogP contribution in [0, 0.1) is 0 Å². The van der Waals surface area contributed by atoms with Crippen LogP contribution in [-0.2, 0) is 13.1 Å². The number of alkyl halides is 3. The summed E-state index contributed by atoms with van der Waals surface area (Å²) in [5.41, 5.74) is 7.49. The predicted molar refractivity (Wildman–Crippen MR) is 114 cm³/mol. The zero-order chi connectivity index (χ0) is 22.1. The van der Waals surface area contributed by atoms with Crippen molar-refractivity contribution >= 4 is 11.2 Å². The Bertz CT molecular complexity index is 951. The lowest BCUT2D eigenvalue weighted by atomic mass is 10.1. The first-order chi connectivity index (χ1) is 14.3. The van der Waals surface area contributed by atoms with Gasteiger partial charge in [-0.15, -0.1) is 0 Å². The number of rotatable bonds is 9. The highest BCUT2D eigenvalue weighted by molar-refractivity contribution is 5.71. The molecule has 5 nitrogen and oxygen atoms in total. The van der Waals surface area contributed by atoms with Crippen LogP contribution in [0.4, 0.5) is 13.2 Å². The van der Waals surface area contributed by atoms with E-state index in [1.807, 2.05) is 35.4 Å². The zero-order valence-corrected chi connectivity index (χ0v) is 17.5. The molecule has 0 saturated carbocycles. The lowest BCUT2D eigenvalue weighted by Crippen LogP contribution is -2.22. The van der Waals surface area contributed by atoms with Gasteiger partial charge in [0.1, 0.15) is 11.3 Å². The smallest absolute Gasteiger partial charge is 0.403 e. The van der Waals surface area contributed by atoms with E-state index in [2.05, 4.69) is 9.97 Å². The van der Waals surface area contributed by atoms with Crippen molar-refractivity contribution in [3.8, 4) is 0 Å². The minimum atomic E-state index is -4.35. The largest absolute Gasteiger partial charge is 0.416 e. The van der Waals surface area contributed by atoms with Gasteiger partial charge >= 0.3 is 6.18 Å². The van der Waals surface area contributed by atoms with Crippen molar-refractivity contribution in [3.63, 3.8) is 0 Å². The fourth-order valence-corrected chi connectivity index (χ4v) is 3.11. The Labute approximate surface area is 175 Å². The highest BCUT2D eigenvalue weighted by Crippen LogP contribution is 2.27. The molecule has 0 radical (unpaired) electrons. The molecule has 0 spiro atoms. The second-order valence-corrected chi connectivity index (χ2v) is 6.80. The maximum absolute atomic E-state index is 13.0. The summed E-state index contributed by atoms with van der Waals surface area (Å²) in [5.74, 6) is 0.845. The van der Waals surface area contributed by atoms with E-state index in [-0.39, 0.29) is 0 Å². The van der Waals surface area contributed by atoms with Gasteiger partial charge in [-0.2, -0.15) is 13.2 Å². The van der Waals surface area contributed by atoms with Crippen molar-refractivity contribution in [1.82, 2.24) is 19.4 Å². The topological polar surface area (TPSA) is 60.0 Å². The SMILES string of the molecule is CC/C=C(/C=C\C=C(/C)CN(/C=C\N)Cc1nc2cccnc2n1CC)C(F)(F)F. The van der Waals surface area contributed by atoms with Crippen molar-refractivity contribution in [3.05, 3.63) is 72.0 Å². The van der Waals surface area contributed by atoms with Crippen LogP contribution in [0.5, 0.6) is 0 Å². The van der Waals surface area contributed by atoms with E-state index in [9.17, 15) is 13.2 Å². The van der Waals surface area contributed by atoms with E-state index in [1.165, 1.54) is 18.4 Å². The molecule has 30 heavy (non-hydrogen) atoms. The molecular formula is C22H28F3N5. The summed E-state index contributed by atoms with van der Waals surface area (Å²) in [6.45, 7) is 7.29. The van der Waals surface area contributed by atoms with Gasteiger partial charge in [0.2, 0.25) is 0 Å². The van der Waals surface area contributed by atoms with E-state index in [0.29, 0.717) is 19.5 Å². The monoisotopic (exact) mass is 419 g/mol. The first kappa shape index (κ1) is 23.3. The van der Waals surface area contributed by atoms with Crippen LogP contribution in [0.2, 0.25) is 0 Å². The van der Waals surface area contributed by atoms with Crippen molar-refractivity contribution in [2.75, 3.05) is 6.54 Å². The molecule has 0 aromatic carbocycles. The van der Waals surface area contributed by atoms with Crippen LogP contribution < -0.4 is 5.73 Å². The van der Waals surface area contributed by atoms with Gasteiger partial charge in [-0.25, -0.2) is 9.97 Å². The van der Waals surface area contributed by atoms with Crippen LogP contribution in [0.3, 0.4) is 0 Å². The third-order valence-electron chi connectivity index (χ3n) is 4.40. The number of fused-ring (bicyclic) bond motifs is 1. The lowest BCUT2D eigenvalue weighted by molar-refractivity contribution is -0.0884. The number of halogens is 3. The Balaban J connectivity index is 2.17. The molecule has 0 saturated heterocycles. The van der Waals surface area contributed by atoms with Gasteiger partial charge < -0.3 is 15.2 Å². The Morgan fingerprint density at radius 2 is 2.07 bits per heavy atom. The van der Waals surface area contributed by atoms with Crippen LogP contribution in [0.1, 0.15) is 33.0 Å². The number of aryl methyl sites for hydroxylation is 1. The van der Waals surface area contributed by atoms with Gasteiger partial charge in [0.15, 0.2) is 5.65 Å². The number of aromatic nitrogens is 3. The Morgan fingerprint density at radius 1 is 1.30 bits per heavy atom. The van der Waals surface area contributed by atoms with E-state index in [0.717, 1.165) is 35.2 Å². The standard InChI is InChI=1S/C22H28F3N5/c1-4-8-18(22(23,24)25)10-6-9-17(3)15-29(14-12-26)16-20-28-19-11-7-13-27-21(19)30(20)5-2/h6-14H,4-5,15-16,26H2,1-3H3/b10-6-,14-12-,17-9+,18-8-. The molecule has 0 atom stereocenters. The molecule has 2 aromatic rings. The van der Waals surface area contributed by atoms with Crippen molar-refractivity contribution < 1.29 is 13.2 Å². The molecule has 2 heterocycles. The number of nitrogens with zero attached hydrogens (tertiary/aromatic N) is 4. The van der Waals surface area contributed by atoms with Crippen LogP contribution in [0.25, 0.3) is 11.2 Å². The summed E-state index contributed by atoms with van der Waals surface area (Å²) in [7, 11) is 0. The Hall–Kier alpha value is -3.03.